The molecule has 1 amide bonds. The van der Waals surface area contributed by atoms with Crippen LogP contribution in [0.15, 0.2) is 24.3 Å². The molecular formula is C14H22Cl2N2O2. The molecule has 2 N–H and O–H groups in total. The van der Waals surface area contributed by atoms with E-state index in [1.54, 1.807) is 7.11 Å². The second kappa shape index (κ2) is 10.9. The smallest absolute Gasteiger partial charge is 0.234 e. The van der Waals surface area contributed by atoms with E-state index in [4.69, 9.17) is 16.3 Å². The first-order valence-electron chi connectivity index (χ1n) is 6.41. The van der Waals surface area contributed by atoms with Crippen LogP contribution in [0.5, 0.6) is 0 Å². The molecule has 0 saturated carbocycles. The van der Waals surface area contributed by atoms with E-state index in [0.29, 0.717) is 24.7 Å². The largest absolute Gasteiger partial charge is 0.383 e. The number of hydrogen-bond acceptors (Lipinski definition) is 3. The summed E-state index contributed by atoms with van der Waals surface area (Å²) in [6.45, 7) is 3.58. The third kappa shape index (κ3) is 7.10. The lowest BCUT2D eigenvalue weighted by Crippen LogP contribution is -2.37. The normalized spacial score (nSPS) is 11.6. The van der Waals surface area contributed by atoms with Crippen molar-refractivity contribution in [3.05, 3.63) is 34.9 Å². The second-order valence-corrected chi connectivity index (χ2v) is 4.69. The summed E-state index contributed by atoms with van der Waals surface area (Å²) in [6, 6.07) is 7.57. The van der Waals surface area contributed by atoms with Crippen molar-refractivity contribution in [3.63, 3.8) is 0 Å². The van der Waals surface area contributed by atoms with Crippen LogP contribution in [0.25, 0.3) is 0 Å². The third-order valence-corrected chi connectivity index (χ3v) is 3.00. The number of rotatable bonds is 8. The van der Waals surface area contributed by atoms with Gasteiger partial charge in [-0.05, 0) is 24.1 Å². The molecule has 0 radical (unpaired) electrons. The van der Waals surface area contributed by atoms with E-state index in [0.717, 1.165) is 12.0 Å². The van der Waals surface area contributed by atoms with E-state index in [2.05, 4.69) is 10.6 Å². The lowest BCUT2D eigenvalue weighted by atomic mass is 10.0. The molecule has 114 valence electrons. The summed E-state index contributed by atoms with van der Waals surface area (Å²) in [5.41, 5.74) is 1.03. The van der Waals surface area contributed by atoms with Gasteiger partial charge in [0.25, 0.3) is 0 Å². The highest BCUT2D eigenvalue weighted by molar-refractivity contribution is 6.30. The van der Waals surface area contributed by atoms with Gasteiger partial charge in [0.1, 0.15) is 0 Å². The van der Waals surface area contributed by atoms with Gasteiger partial charge >= 0.3 is 0 Å². The lowest BCUT2D eigenvalue weighted by Gasteiger charge is -2.18. The summed E-state index contributed by atoms with van der Waals surface area (Å²) in [7, 11) is 1.63. The van der Waals surface area contributed by atoms with Crippen molar-refractivity contribution in [1.82, 2.24) is 10.6 Å². The number of carbonyl (C=O) groups is 1. The number of ether oxygens (including phenoxy) is 1. The third-order valence-electron chi connectivity index (χ3n) is 2.76. The molecule has 0 aromatic heterocycles. The van der Waals surface area contributed by atoms with Crippen LogP contribution in [0.2, 0.25) is 5.02 Å². The molecule has 0 saturated heterocycles. The zero-order valence-corrected chi connectivity index (χ0v) is 13.4. The van der Waals surface area contributed by atoms with Crippen LogP contribution < -0.4 is 10.6 Å². The Morgan fingerprint density at radius 3 is 2.80 bits per heavy atom. The van der Waals surface area contributed by atoms with Crippen molar-refractivity contribution in [3.8, 4) is 0 Å². The highest BCUT2D eigenvalue weighted by Crippen LogP contribution is 2.20. The Hall–Kier alpha value is -0.810. The predicted octanol–water partition coefficient (Wildman–Crippen LogP) is 2.57. The van der Waals surface area contributed by atoms with E-state index < -0.39 is 0 Å². The monoisotopic (exact) mass is 320 g/mol. The van der Waals surface area contributed by atoms with E-state index in [1.807, 2.05) is 31.2 Å². The minimum atomic E-state index is -0.0251. The van der Waals surface area contributed by atoms with Crippen molar-refractivity contribution >= 4 is 29.9 Å². The maximum absolute atomic E-state index is 11.8. The molecule has 1 aromatic rings. The molecule has 0 heterocycles. The summed E-state index contributed by atoms with van der Waals surface area (Å²) in [5.74, 6) is -0.0251. The first kappa shape index (κ1) is 19.2. The zero-order chi connectivity index (χ0) is 14.1. The summed E-state index contributed by atoms with van der Waals surface area (Å²) >= 11 is 5.96. The number of halogens is 2. The Kier molecular flexibility index (Phi) is 10.5. The van der Waals surface area contributed by atoms with Gasteiger partial charge < -0.3 is 15.4 Å². The molecule has 20 heavy (non-hydrogen) atoms. The average molecular weight is 321 g/mol. The highest BCUT2D eigenvalue weighted by Gasteiger charge is 2.12. The summed E-state index contributed by atoms with van der Waals surface area (Å²) in [4.78, 5) is 11.8. The lowest BCUT2D eigenvalue weighted by molar-refractivity contribution is -0.121. The molecule has 0 aliphatic carbocycles. The quantitative estimate of drug-likeness (QED) is 0.724. The first-order valence-corrected chi connectivity index (χ1v) is 6.79. The average Bonchev–Trinajstić information content (AvgIpc) is 2.41. The SMILES string of the molecule is CCC(NC(=O)CNCCOC)c1cccc(Cl)c1.Cl. The molecule has 0 spiro atoms. The zero-order valence-electron chi connectivity index (χ0n) is 11.8. The minimum Gasteiger partial charge on any atom is -0.383 e. The maximum atomic E-state index is 11.8. The molecule has 0 aliphatic heterocycles. The summed E-state index contributed by atoms with van der Waals surface area (Å²) in [6.07, 6.45) is 0.824. The fraction of sp³-hybridized carbons (Fsp3) is 0.500. The van der Waals surface area contributed by atoms with Crippen LogP contribution >= 0.6 is 24.0 Å². The van der Waals surface area contributed by atoms with Crippen LogP contribution in [0, 0.1) is 0 Å². The van der Waals surface area contributed by atoms with Gasteiger partial charge in [0.05, 0.1) is 19.2 Å². The first-order chi connectivity index (χ1) is 9.17. The van der Waals surface area contributed by atoms with Crippen molar-refractivity contribution in [2.45, 2.75) is 19.4 Å². The molecule has 1 atom stereocenters. The number of methoxy groups -OCH3 is 1. The van der Waals surface area contributed by atoms with Gasteiger partial charge in [-0.2, -0.15) is 0 Å². The van der Waals surface area contributed by atoms with Gasteiger partial charge in [-0.3, -0.25) is 4.79 Å². The molecule has 0 fully saturated rings. The van der Waals surface area contributed by atoms with E-state index in [9.17, 15) is 4.79 Å². The Morgan fingerprint density at radius 1 is 1.45 bits per heavy atom. The fourth-order valence-electron chi connectivity index (χ4n) is 1.77. The standard InChI is InChI=1S/C14H21ClN2O2.ClH/c1-3-13(11-5-4-6-12(15)9-11)17-14(18)10-16-7-8-19-2;/h4-6,9,13,16H,3,7-8,10H2,1-2H3,(H,17,18);1H. The van der Waals surface area contributed by atoms with E-state index in [-0.39, 0.29) is 24.4 Å². The molecule has 6 heteroatoms. The minimum absolute atomic E-state index is 0. The molecular weight excluding hydrogens is 299 g/mol. The number of nitrogens with one attached hydrogen (secondary N) is 2. The van der Waals surface area contributed by atoms with Crippen molar-refractivity contribution in [2.24, 2.45) is 0 Å². The van der Waals surface area contributed by atoms with Crippen molar-refractivity contribution in [2.75, 3.05) is 26.8 Å². The molecule has 1 rings (SSSR count). The van der Waals surface area contributed by atoms with Crippen LogP contribution in [0.1, 0.15) is 24.9 Å². The summed E-state index contributed by atoms with van der Waals surface area (Å²) in [5, 5.41) is 6.69. The number of amides is 1. The summed E-state index contributed by atoms with van der Waals surface area (Å²) < 4.78 is 4.90. The molecule has 1 unspecified atom stereocenters. The van der Waals surface area contributed by atoms with Crippen LogP contribution in [-0.2, 0) is 9.53 Å². The highest BCUT2D eigenvalue weighted by atomic mass is 35.5. The van der Waals surface area contributed by atoms with Gasteiger partial charge in [0.2, 0.25) is 5.91 Å². The molecule has 4 nitrogen and oxygen atoms in total. The second-order valence-electron chi connectivity index (χ2n) is 4.25. The fourth-order valence-corrected chi connectivity index (χ4v) is 1.96. The van der Waals surface area contributed by atoms with E-state index in [1.165, 1.54) is 0 Å². The number of hydrogen-bond donors (Lipinski definition) is 2. The Balaban J connectivity index is 0.00000361. The van der Waals surface area contributed by atoms with Crippen LogP contribution in [-0.4, -0.2) is 32.7 Å². The van der Waals surface area contributed by atoms with Crippen molar-refractivity contribution in [1.29, 1.82) is 0 Å². The van der Waals surface area contributed by atoms with Gasteiger partial charge in [-0.15, -0.1) is 12.4 Å². The van der Waals surface area contributed by atoms with Crippen LogP contribution in [0.3, 0.4) is 0 Å². The maximum Gasteiger partial charge on any atom is 0.234 e. The molecule has 0 aliphatic rings. The Labute approximate surface area is 131 Å². The van der Waals surface area contributed by atoms with Crippen molar-refractivity contribution < 1.29 is 9.53 Å². The van der Waals surface area contributed by atoms with E-state index >= 15 is 0 Å². The Bertz CT molecular complexity index is 403. The molecule has 1 aromatic carbocycles. The van der Waals surface area contributed by atoms with Gasteiger partial charge in [-0.25, -0.2) is 0 Å². The number of carbonyl (C=O) groups excluding carboxylic acids is 1. The predicted molar refractivity (Wildman–Crippen MR) is 84.6 cm³/mol. The van der Waals surface area contributed by atoms with Crippen LogP contribution in [0.4, 0.5) is 0 Å². The topological polar surface area (TPSA) is 50.4 Å². The molecule has 0 bridgehead atoms. The van der Waals surface area contributed by atoms with Gasteiger partial charge in [0.15, 0.2) is 0 Å². The number of benzene rings is 1. The van der Waals surface area contributed by atoms with Gasteiger partial charge in [-0.1, -0.05) is 30.7 Å². The van der Waals surface area contributed by atoms with Gasteiger partial charge in [0, 0.05) is 18.7 Å². The Morgan fingerprint density at radius 2 is 2.20 bits per heavy atom.